The molecule has 38 heavy (non-hydrogen) atoms. The zero-order valence-electron chi connectivity index (χ0n) is 20.8. The second kappa shape index (κ2) is 12.9. The van der Waals surface area contributed by atoms with Crippen LogP contribution in [0.2, 0.25) is 5.02 Å². The minimum absolute atomic E-state index is 0.0478. The monoisotopic (exact) mass is 533 g/mol. The fourth-order valence-corrected chi connectivity index (χ4v) is 4.24. The van der Waals surface area contributed by atoms with E-state index in [9.17, 15) is 19.2 Å². The predicted molar refractivity (Wildman–Crippen MR) is 146 cm³/mol. The maximum absolute atomic E-state index is 13.3. The molecular weight excluding hydrogens is 506 g/mol. The maximum atomic E-state index is 13.3. The van der Waals surface area contributed by atoms with Gasteiger partial charge in [-0.15, -0.1) is 0 Å². The lowest BCUT2D eigenvalue weighted by molar-refractivity contribution is -0.145. The van der Waals surface area contributed by atoms with Crippen LogP contribution < -0.4 is 16.6 Å². The van der Waals surface area contributed by atoms with Crippen LogP contribution in [0.4, 0.5) is 0 Å². The summed E-state index contributed by atoms with van der Waals surface area (Å²) in [6.07, 6.45) is 1.11. The van der Waals surface area contributed by atoms with Crippen molar-refractivity contribution in [1.29, 1.82) is 0 Å². The lowest BCUT2D eigenvalue weighted by Gasteiger charge is -2.14. The normalized spacial score (nSPS) is 10.9. The van der Waals surface area contributed by atoms with Gasteiger partial charge in [-0.1, -0.05) is 66.2 Å². The van der Waals surface area contributed by atoms with Gasteiger partial charge in [0.25, 0.3) is 5.56 Å². The number of fused-ring (bicyclic) bond motifs is 1. The Hall–Kier alpha value is -4.17. The number of nitrogens with one attached hydrogen (secondary N) is 1. The average Bonchev–Trinajstić information content (AvgIpc) is 2.93. The van der Waals surface area contributed by atoms with Gasteiger partial charge in [0.15, 0.2) is 0 Å². The average molecular weight is 534 g/mol. The topological polar surface area (TPSA) is 99.4 Å². The molecule has 1 amide bonds. The van der Waals surface area contributed by atoms with E-state index in [4.69, 9.17) is 16.3 Å². The number of amides is 1. The summed E-state index contributed by atoms with van der Waals surface area (Å²) < 4.78 is 7.67. The number of benzene rings is 3. The summed E-state index contributed by atoms with van der Waals surface area (Å²) in [6, 6.07) is 23.3. The summed E-state index contributed by atoms with van der Waals surface area (Å²) in [5.74, 6) is -0.760. The molecule has 1 heterocycles. The van der Waals surface area contributed by atoms with E-state index in [2.05, 4.69) is 5.32 Å². The number of hydrogen-bond donors (Lipinski definition) is 1. The van der Waals surface area contributed by atoms with Gasteiger partial charge in [-0.25, -0.2) is 4.79 Å². The van der Waals surface area contributed by atoms with Gasteiger partial charge in [0.1, 0.15) is 13.2 Å². The fraction of sp³-hybridized carbons (Fsp3) is 0.241. The third-order valence-corrected chi connectivity index (χ3v) is 6.35. The highest BCUT2D eigenvalue weighted by molar-refractivity contribution is 6.30. The van der Waals surface area contributed by atoms with Crippen LogP contribution in [0, 0.1) is 0 Å². The molecule has 196 valence electrons. The SMILES string of the molecule is O=C(CCCn1c(=O)c2ccccc2n(CC(=O)OCc2ccccc2)c1=O)NCCc1ccc(Cl)cc1. The van der Waals surface area contributed by atoms with Crippen molar-refractivity contribution in [2.75, 3.05) is 6.54 Å². The zero-order valence-corrected chi connectivity index (χ0v) is 21.5. The van der Waals surface area contributed by atoms with Crippen molar-refractivity contribution in [2.45, 2.75) is 39.0 Å². The first-order chi connectivity index (χ1) is 18.4. The third kappa shape index (κ3) is 6.98. The molecule has 0 aliphatic carbocycles. The zero-order chi connectivity index (χ0) is 26.9. The van der Waals surface area contributed by atoms with Crippen molar-refractivity contribution < 1.29 is 14.3 Å². The molecule has 0 spiro atoms. The second-order valence-electron chi connectivity index (χ2n) is 8.82. The lowest BCUT2D eigenvalue weighted by atomic mass is 10.1. The van der Waals surface area contributed by atoms with Crippen molar-refractivity contribution in [2.24, 2.45) is 0 Å². The van der Waals surface area contributed by atoms with Crippen LogP contribution in [-0.4, -0.2) is 27.6 Å². The molecule has 4 aromatic rings. The van der Waals surface area contributed by atoms with E-state index in [-0.39, 0.29) is 32.0 Å². The van der Waals surface area contributed by atoms with E-state index in [0.717, 1.165) is 15.7 Å². The largest absolute Gasteiger partial charge is 0.459 e. The number of esters is 1. The van der Waals surface area contributed by atoms with Gasteiger partial charge in [-0.3, -0.25) is 23.5 Å². The highest BCUT2D eigenvalue weighted by Crippen LogP contribution is 2.10. The Morgan fingerprint density at radius 2 is 1.55 bits per heavy atom. The summed E-state index contributed by atoms with van der Waals surface area (Å²) in [7, 11) is 0. The molecule has 3 aromatic carbocycles. The van der Waals surface area contributed by atoms with E-state index >= 15 is 0 Å². The predicted octanol–water partition coefficient (Wildman–Crippen LogP) is 3.70. The number of halogens is 1. The number of carbonyl (C=O) groups is 2. The molecule has 9 heteroatoms. The van der Waals surface area contributed by atoms with Crippen LogP contribution in [0.5, 0.6) is 0 Å². The first kappa shape index (κ1) is 26.9. The van der Waals surface area contributed by atoms with Crippen LogP contribution in [0.3, 0.4) is 0 Å². The molecule has 0 saturated carbocycles. The molecule has 0 unspecified atom stereocenters. The molecule has 0 aliphatic heterocycles. The minimum Gasteiger partial charge on any atom is -0.459 e. The van der Waals surface area contributed by atoms with Crippen LogP contribution in [0.15, 0.2) is 88.5 Å². The summed E-state index contributed by atoms with van der Waals surface area (Å²) in [6.45, 7) is 0.261. The molecule has 0 bridgehead atoms. The number of hydrogen-bond acceptors (Lipinski definition) is 5. The molecule has 4 rings (SSSR count). The Morgan fingerprint density at radius 3 is 2.32 bits per heavy atom. The van der Waals surface area contributed by atoms with E-state index < -0.39 is 17.2 Å². The van der Waals surface area contributed by atoms with E-state index in [0.29, 0.717) is 35.3 Å². The Morgan fingerprint density at radius 1 is 0.842 bits per heavy atom. The van der Waals surface area contributed by atoms with Crippen molar-refractivity contribution in [3.05, 3.63) is 116 Å². The lowest BCUT2D eigenvalue weighted by Crippen LogP contribution is -2.41. The van der Waals surface area contributed by atoms with Gasteiger partial charge in [-0.05, 0) is 48.2 Å². The second-order valence-corrected chi connectivity index (χ2v) is 9.26. The number of ether oxygens (including phenoxy) is 1. The van der Waals surface area contributed by atoms with Gasteiger partial charge in [-0.2, -0.15) is 0 Å². The Kier molecular flexibility index (Phi) is 9.11. The van der Waals surface area contributed by atoms with Gasteiger partial charge in [0, 0.05) is 24.5 Å². The molecule has 0 saturated heterocycles. The number of aromatic nitrogens is 2. The van der Waals surface area contributed by atoms with Crippen LogP contribution >= 0.6 is 11.6 Å². The van der Waals surface area contributed by atoms with Gasteiger partial charge >= 0.3 is 11.7 Å². The summed E-state index contributed by atoms with van der Waals surface area (Å²) in [5.41, 5.74) is 1.17. The highest BCUT2D eigenvalue weighted by atomic mass is 35.5. The molecule has 0 aliphatic rings. The van der Waals surface area contributed by atoms with Crippen molar-refractivity contribution in [3.8, 4) is 0 Å². The van der Waals surface area contributed by atoms with Crippen LogP contribution in [0.1, 0.15) is 24.0 Å². The Balaban J connectivity index is 1.39. The maximum Gasteiger partial charge on any atom is 0.332 e. The quantitative estimate of drug-likeness (QED) is 0.296. The molecular formula is C29H28ClN3O5. The molecule has 1 aromatic heterocycles. The number of carbonyl (C=O) groups excluding carboxylic acids is 2. The van der Waals surface area contributed by atoms with E-state index in [1.807, 2.05) is 42.5 Å². The molecule has 8 nitrogen and oxygen atoms in total. The Labute approximate surface area is 224 Å². The summed E-state index contributed by atoms with van der Waals surface area (Å²) >= 11 is 5.89. The van der Waals surface area contributed by atoms with Crippen molar-refractivity contribution >= 4 is 34.4 Å². The van der Waals surface area contributed by atoms with Gasteiger partial charge in [0.2, 0.25) is 5.91 Å². The van der Waals surface area contributed by atoms with E-state index in [1.165, 1.54) is 4.57 Å². The van der Waals surface area contributed by atoms with Gasteiger partial charge < -0.3 is 10.1 Å². The van der Waals surface area contributed by atoms with Crippen LogP contribution in [0.25, 0.3) is 10.9 Å². The standard InChI is InChI=1S/C29H28ClN3O5/c30-23-14-12-21(13-15-23)16-17-31-26(34)11-6-18-32-28(36)24-9-4-5-10-25(24)33(29(32)37)19-27(35)38-20-22-7-2-1-3-8-22/h1-5,7-10,12-15H,6,11,16-20H2,(H,31,34). The smallest absolute Gasteiger partial charge is 0.332 e. The molecule has 0 atom stereocenters. The molecule has 0 radical (unpaired) electrons. The Bertz CT molecular complexity index is 1530. The summed E-state index contributed by atoms with van der Waals surface area (Å²) in [4.78, 5) is 51.2. The summed E-state index contributed by atoms with van der Waals surface area (Å²) in [5, 5.41) is 3.82. The first-order valence-electron chi connectivity index (χ1n) is 12.4. The van der Waals surface area contributed by atoms with Crippen molar-refractivity contribution in [3.63, 3.8) is 0 Å². The first-order valence-corrected chi connectivity index (χ1v) is 12.7. The van der Waals surface area contributed by atoms with Gasteiger partial charge in [0.05, 0.1) is 10.9 Å². The number of rotatable bonds is 11. The minimum atomic E-state index is -0.617. The molecule has 0 fully saturated rings. The molecule has 1 N–H and O–H groups in total. The van der Waals surface area contributed by atoms with Crippen molar-refractivity contribution in [1.82, 2.24) is 14.5 Å². The third-order valence-electron chi connectivity index (χ3n) is 6.10. The van der Waals surface area contributed by atoms with Crippen LogP contribution in [-0.2, 0) is 40.4 Å². The fourth-order valence-electron chi connectivity index (χ4n) is 4.12. The highest BCUT2D eigenvalue weighted by Gasteiger charge is 2.16. The number of para-hydroxylation sites is 1. The van der Waals surface area contributed by atoms with E-state index in [1.54, 1.807) is 36.4 Å². The number of nitrogens with zero attached hydrogens (tertiary/aromatic N) is 2.